The van der Waals surface area contributed by atoms with Crippen LogP contribution < -0.4 is 5.73 Å². The number of unbranched alkanes of at least 4 members (excludes halogenated alkanes) is 16. The first kappa shape index (κ1) is 39.2. The van der Waals surface area contributed by atoms with E-state index in [-0.39, 0.29) is 32.3 Å². The average Bonchev–Trinajstić information content (AvgIpc) is 2.94. The Morgan fingerprint density at radius 2 is 1.30 bits per heavy atom. The van der Waals surface area contributed by atoms with E-state index in [0.29, 0.717) is 13.0 Å². The second kappa shape index (κ2) is 29.7. The molecular weight excluding hydrogens is 529 g/mol. The lowest BCUT2D eigenvalue weighted by Crippen LogP contribution is -2.28. The van der Waals surface area contributed by atoms with E-state index in [1.165, 1.54) is 89.9 Å². The van der Waals surface area contributed by atoms with Gasteiger partial charge in [-0.2, -0.15) is 0 Å². The number of esters is 1. The van der Waals surface area contributed by atoms with Crippen LogP contribution in [0, 0.1) is 0 Å². The third-order valence-corrected chi connectivity index (χ3v) is 7.65. The Bertz CT molecular complexity index is 633. The summed E-state index contributed by atoms with van der Waals surface area (Å²) < 4.78 is 33.1. The fourth-order valence-corrected chi connectivity index (χ4v) is 5.06. The van der Waals surface area contributed by atoms with E-state index < -0.39 is 13.9 Å². The van der Waals surface area contributed by atoms with Crippen molar-refractivity contribution in [3.05, 3.63) is 12.2 Å². The number of phosphoric acid groups is 1. The van der Waals surface area contributed by atoms with Crippen LogP contribution in [0.25, 0.3) is 0 Å². The molecule has 0 rings (SSSR count). The van der Waals surface area contributed by atoms with Crippen LogP contribution in [0.4, 0.5) is 0 Å². The number of phosphoric ester groups is 1. The third kappa shape index (κ3) is 28.8. The van der Waals surface area contributed by atoms with Crippen molar-refractivity contribution in [2.45, 2.75) is 148 Å². The van der Waals surface area contributed by atoms with E-state index in [2.05, 4.69) is 26.0 Å². The number of hydrogen-bond donors (Lipinski definition) is 2. The molecule has 0 bridgehead atoms. The molecule has 0 saturated carbocycles. The smallest absolute Gasteiger partial charge is 0.457 e. The number of carbonyl (C=O) groups is 1. The molecule has 8 nitrogen and oxygen atoms in total. The zero-order valence-corrected chi connectivity index (χ0v) is 26.7. The Balaban J connectivity index is 4.16. The molecule has 0 aromatic rings. The first-order valence-electron chi connectivity index (χ1n) is 16.2. The standard InChI is InChI=1S/C31H62NO7P/c1-3-5-7-9-11-13-15-17-19-21-23-26-36-28-30(29-38-40(34,35)37-27-25-32)39-31(33)24-22-20-18-16-14-12-10-8-6-4-2/h7,9,30H,3-6,8,10-29,32H2,1-2H3,(H,34,35)/b9-7-. The lowest BCUT2D eigenvalue weighted by molar-refractivity contribution is -0.154. The zero-order chi connectivity index (χ0) is 29.6. The second-order valence-corrected chi connectivity index (χ2v) is 12.1. The van der Waals surface area contributed by atoms with Crippen LogP contribution in [0.5, 0.6) is 0 Å². The summed E-state index contributed by atoms with van der Waals surface area (Å²) in [6.45, 7) is 4.83. The largest absolute Gasteiger partial charge is 0.472 e. The van der Waals surface area contributed by atoms with Crippen LogP contribution in [0.1, 0.15) is 142 Å². The lowest BCUT2D eigenvalue weighted by Gasteiger charge is -2.20. The van der Waals surface area contributed by atoms with Crippen molar-refractivity contribution in [1.82, 2.24) is 0 Å². The number of hydrogen-bond acceptors (Lipinski definition) is 7. The number of nitrogens with two attached hydrogens (primary N) is 1. The van der Waals surface area contributed by atoms with Crippen molar-refractivity contribution in [1.29, 1.82) is 0 Å². The first-order valence-corrected chi connectivity index (χ1v) is 17.7. The molecule has 9 heteroatoms. The normalized spacial score (nSPS) is 14.0. The molecule has 0 fully saturated rings. The van der Waals surface area contributed by atoms with Gasteiger partial charge in [0, 0.05) is 19.6 Å². The van der Waals surface area contributed by atoms with Crippen LogP contribution in [0.2, 0.25) is 0 Å². The summed E-state index contributed by atoms with van der Waals surface area (Å²) in [5.41, 5.74) is 5.32. The highest BCUT2D eigenvalue weighted by molar-refractivity contribution is 7.47. The minimum absolute atomic E-state index is 0.0942. The summed E-state index contributed by atoms with van der Waals surface area (Å²) in [6, 6.07) is 0. The van der Waals surface area contributed by atoms with Gasteiger partial charge in [0.15, 0.2) is 0 Å². The van der Waals surface area contributed by atoms with Gasteiger partial charge in [-0.15, -0.1) is 0 Å². The fourth-order valence-electron chi connectivity index (χ4n) is 4.29. The predicted octanol–water partition coefficient (Wildman–Crippen LogP) is 8.41. The minimum atomic E-state index is -4.26. The summed E-state index contributed by atoms with van der Waals surface area (Å²) in [5, 5.41) is 0. The summed E-state index contributed by atoms with van der Waals surface area (Å²) in [5.74, 6) is -0.336. The molecule has 0 aliphatic carbocycles. The molecule has 0 aliphatic rings. The fraction of sp³-hybridized carbons (Fsp3) is 0.903. The number of carbonyl (C=O) groups excluding carboxylic acids is 1. The van der Waals surface area contributed by atoms with Gasteiger partial charge in [0.1, 0.15) is 6.10 Å². The molecule has 0 heterocycles. The Kier molecular flexibility index (Phi) is 29.2. The monoisotopic (exact) mass is 591 g/mol. The molecule has 0 saturated heterocycles. The predicted molar refractivity (Wildman–Crippen MR) is 164 cm³/mol. The minimum Gasteiger partial charge on any atom is -0.457 e. The van der Waals surface area contributed by atoms with E-state index >= 15 is 0 Å². The van der Waals surface area contributed by atoms with Crippen LogP contribution in [0.15, 0.2) is 12.2 Å². The van der Waals surface area contributed by atoms with Gasteiger partial charge in [0.05, 0.1) is 19.8 Å². The maximum atomic E-state index is 12.4. The molecule has 2 unspecified atom stereocenters. The summed E-state index contributed by atoms with van der Waals surface area (Å²) in [7, 11) is -4.26. The molecule has 238 valence electrons. The van der Waals surface area contributed by atoms with Crippen LogP contribution >= 0.6 is 7.82 Å². The van der Waals surface area contributed by atoms with Crippen molar-refractivity contribution in [3.8, 4) is 0 Å². The molecule has 0 aromatic heterocycles. The summed E-state index contributed by atoms with van der Waals surface area (Å²) >= 11 is 0. The Morgan fingerprint density at radius 3 is 1.93 bits per heavy atom. The Labute approximate surface area is 245 Å². The van der Waals surface area contributed by atoms with Gasteiger partial charge in [0.2, 0.25) is 0 Å². The van der Waals surface area contributed by atoms with Crippen LogP contribution in [-0.2, 0) is 27.9 Å². The van der Waals surface area contributed by atoms with Gasteiger partial charge in [-0.25, -0.2) is 4.57 Å². The van der Waals surface area contributed by atoms with E-state index in [1.807, 2.05) is 0 Å². The number of ether oxygens (including phenoxy) is 2. The third-order valence-electron chi connectivity index (χ3n) is 6.66. The van der Waals surface area contributed by atoms with Gasteiger partial charge in [-0.05, 0) is 32.1 Å². The van der Waals surface area contributed by atoms with Crippen LogP contribution in [0.3, 0.4) is 0 Å². The molecule has 0 radical (unpaired) electrons. The Hall–Kier alpha value is -0.760. The summed E-state index contributed by atoms with van der Waals surface area (Å²) in [4.78, 5) is 22.2. The maximum absolute atomic E-state index is 12.4. The molecule has 40 heavy (non-hydrogen) atoms. The van der Waals surface area contributed by atoms with Crippen molar-refractivity contribution in [3.63, 3.8) is 0 Å². The van der Waals surface area contributed by atoms with Gasteiger partial charge >= 0.3 is 13.8 Å². The van der Waals surface area contributed by atoms with Gasteiger partial charge < -0.3 is 20.1 Å². The lowest BCUT2D eigenvalue weighted by atomic mass is 10.1. The van der Waals surface area contributed by atoms with Crippen molar-refractivity contribution < 1.29 is 32.8 Å². The SMILES string of the molecule is CCC/C=C\CCCCCCCCOCC(COP(=O)(O)OCCN)OC(=O)CCCCCCCCCCCC. The molecular formula is C31H62NO7P. The molecule has 0 amide bonds. The highest BCUT2D eigenvalue weighted by Gasteiger charge is 2.25. The summed E-state index contributed by atoms with van der Waals surface area (Å²) in [6.07, 6.45) is 26.5. The Morgan fingerprint density at radius 1 is 0.725 bits per heavy atom. The quantitative estimate of drug-likeness (QED) is 0.0357. The highest BCUT2D eigenvalue weighted by atomic mass is 31.2. The topological polar surface area (TPSA) is 117 Å². The molecule has 3 N–H and O–H groups in total. The zero-order valence-electron chi connectivity index (χ0n) is 25.8. The van der Waals surface area contributed by atoms with E-state index in [4.69, 9.17) is 24.3 Å². The second-order valence-electron chi connectivity index (χ2n) is 10.7. The van der Waals surface area contributed by atoms with Crippen molar-refractivity contribution in [2.24, 2.45) is 5.73 Å². The van der Waals surface area contributed by atoms with E-state index in [9.17, 15) is 14.3 Å². The van der Waals surface area contributed by atoms with Crippen molar-refractivity contribution in [2.75, 3.05) is 33.0 Å². The molecule has 0 aliphatic heterocycles. The molecule has 0 aromatic carbocycles. The molecule has 2 atom stereocenters. The average molecular weight is 592 g/mol. The van der Waals surface area contributed by atoms with E-state index in [1.54, 1.807) is 0 Å². The number of allylic oxidation sites excluding steroid dienone is 2. The first-order chi connectivity index (χ1) is 19.4. The van der Waals surface area contributed by atoms with Crippen molar-refractivity contribution >= 4 is 13.8 Å². The van der Waals surface area contributed by atoms with Gasteiger partial charge in [-0.1, -0.05) is 116 Å². The molecule has 0 spiro atoms. The highest BCUT2D eigenvalue weighted by Crippen LogP contribution is 2.43. The number of rotatable bonds is 31. The van der Waals surface area contributed by atoms with Gasteiger partial charge in [0.25, 0.3) is 0 Å². The van der Waals surface area contributed by atoms with Crippen LogP contribution in [-0.4, -0.2) is 49.9 Å². The maximum Gasteiger partial charge on any atom is 0.472 e. The van der Waals surface area contributed by atoms with Gasteiger partial charge in [-0.3, -0.25) is 13.8 Å². The van der Waals surface area contributed by atoms with E-state index in [0.717, 1.165) is 32.1 Å².